The van der Waals surface area contributed by atoms with Crippen LogP contribution < -0.4 is 5.32 Å². The molecule has 0 aromatic heterocycles. The van der Waals surface area contributed by atoms with Crippen LogP contribution in [0.5, 0.6) is 0 Å². The molecule has 0 aromatic carbocycles. The zero-order valence-corrected chi connectivity index (χ0v) is 12.9. The lowest BCUT2D eigenvalue weighted by atomic mass is 10.0. The fourth-order valence-electron chi connectivity index (χ4n) is 3.04. The maximum absolute atomic E-state index is 12.5. The van der Waals surface area contributed by atoms with Crippen molar-refractivity contribution in [3.8, 4) is 0 Å². The quantitative estimate of drug-likeness (QED) is 0.704. The summed E-state index contributed by atoms with van der Waals surface area (Å²) in [6.07, 6.45) is 2.78. The summed E-state index contributed by atoms with van der Waals surface area (Å²) in [5.41, 5.74) is 0. The largest absolute Gasteiger partial charge is 0.395 e. The van der Waals surface area contributed by atoms with Crippen LogP contribution in [-0.2, 0) is 10.0 Å². The maximum atomic E-state index is 12.5. The molecule has 0 saturated carbocycles. The number of aliphatic hydroxyl groups is 1. The average molecular weight is 305 g/mol. The van der Waals surface area contributed by atoms with Gasteiger partial charge in [-0.15, -0.1) is 0 Å². The summed E-state index contributed by atoms with van der Waals surface area (Å²) in [7, 11) is -3.13. The molecular weight excluding hydrogens is 278 g/mol. The van der Waals surface area contributed by atoms with E-state index in [1.54, 1.807) is 4.31 Å². The molecule has 0 amide bonds. The summed E-state index contributed by atoms with van der Waals surface area (Å²) < 4.78 is 26.7. The van der Waals surface area contributed by atoms with E-state index in [1.807, 2.05) is 0 Å². The highest BCUT2D eigenvalue weighted by Gasteiger charge is 2.28. The van der Waals surface area contributed by atoms with Gasteiger partial charge in [0.25, 0.3) is 0 Å². The smallest absolute Gasteiger partial charge is 0.214 e. The number of hydrogen-bond donors (Lipinski definition) is 2. The molecule has 118 valence electrons. The SMILES string of the molecule is O=S(=O)(CC1CCNCC1)N1CCCN(CCO)CC1. The summed E-state index contributed by atoms with van der Waals surface area (Å²) in [6.45, 7) is 5.44. The summed E-state index contributed by atoms with van der Waals surface area (Å²) >= 11 is 0. The van der Waals surface area contributed by atoms with Crippen LogP contribution in [0, 0.1) is 5.92 Å². The summed E-state index contributed by atoms with van der Waals surface area (Å²) in [4.78, 5) is 2.14. The molecule has 0 spiro atoms. The second-order valence-corrected chi connectivity index (χ2v) is 7.80. The second kappa shape index (κ2) is 7.70. The minimum atomic E-state index is -3.13. The van der Waals surface area contributed by atoms with E-state index in [4.69, 9.17) is 5.11 Å². The van der Waals surface area contributed by atoms with Gasteiger partial charge in [-0.25, -0.2) is 12.7 Å². The Balaban J connectivity index is 1.88. The Hall–Kier alpha value is -0.210. The average Bonchev–Trinajstić information content (AvgIpc) is 2.66. The highest BCUT2D eigenvalue weighted by Crippen LogP contribution is 2.18. The Morgan fingerprint density at radius 2 is 1.85 bits per heavy atom. The molecule has 0 bridgehead atoms. The summed E-state index contributed by atoms with van der Waals surface area (Å²) in [5, 5.41) is 12.2. The first-order chi connectivity index (χ1) is 9.62. The molecule has 0 atom stereocenters. The number of nitrogens with one attached hydrogen (secondary N) is 1. The van der Waals surface area contributed by atoms with Crippen molar-refractivity contribution in [2.75, 3.05) is 58.2 Å². The third kappa shape index (κ3) is 4.66. The minimum absolute atomic E-state index is 0.141. The van der Waals surface area contributed by atoms with Crippen LogP contribution in [0.1, 0.15) is 19.3 Å². The summed E-state index contributed by atoms with van der Waals surface area (Å²) in [6, 6.07) is 0. The number of aliphatic hydroxyl groups excluding tert-OH is 1. The Morgan fingerprint density at radius 3 is 2.55 bits per heavy atom. The molecule has 20 heavy (non-hydrogen) atoms. The third-order valence-electron chi connectivity index (χ3n) is 4.26. The first kappa shape index (κ1) is 16.2. The summed E-state index contributed by atoms with van der Waals surface area (Å²) in [5.74, 6) is 0.604. The predicted octanol–water partition coefficient (Wildman–Crippen LogP) is -0.684. The molecule has 2 aliphatic heterocycles. The van der Waals surface area contributed by atoms with Gasteiger partial charge >= 0.3 is 0 Å². The zero-order valence-electron chi connectivity index (χ0n) is 12.1. The number of rotatable bonds is 5. The van der Waals surface area contributed by atoms with Gasteiger partial charge in [-0.3, -0.25) is 4.90 Å². The topological polar surface area (TPSA) is 72.9 Å². The van der Waals surface area contributed by atoms with E-state index in [1.165, 1.54) is 0 Å². The van der Waals surface area contributed by atoms with Crippen LogP contribution in [-0.4, -0.2) is 80.9 Å². The number of piperidine rings is 1. The highest BCUT2D eigenvalue weighted by molar-refractivity contribution is 7.89. The van der Waals surface area contributed by atoms with Crippen LogP contribution in [0.15, 0.2) is 0 Å². The van der Waals surface area contributed by atoms with Crippen molar-refractivity contribution in [3.63, 3.8) is 0 Å². The molecule has 0 aliphatic carbocycles. The molecule has 0 aromatic rings. The Bertz CT molecular complexity index is 382. The molecule has 2 saturated heterocycles. The van der Waals surface area contributed by atoms with E-state index in [0.29, 0.717) is 31.3 Å². The minimum Gasteiger partial charge on any atom is -0.395 e. The Labute approximate surface area is 122 Å². The number of hydrogen-bond acceptors (Lipinski definition) is 5. The van der Waals surface area contributed by atoms with Gasteiger partial charge in [-0.05, 0) is 44.8 Å². The van der Waals surface area contributed by atoms with Crippen molar-refractivity contribution in [3.05, 3.63) is 0 Å². The number of sulfonamides is 1. The molecule has 6 nitrogen and oxygen atoms in total. The van der Waals surface area contributed by atoms with Gasteiger partial charge in [-0.2, -0.15) is 0 Å². The fraction of sp³-hybridized carbons (Fsp3) is 1.00. The molecule has 0 unspecified atom stereocenters. The van der Waals surface area contributed by atoms with E-state index in [2.05, 4.69) is 10.2 Å². The van der Waals surface area contributed by atoms with Gasteiger partial charge in [-0.1, -0.05) is 0 Å². The fourth-order valence-corrected chi connectivity index (χ4v) is 4.95. The number of β-amino-alcohol motifs (C(OH)–C–C–N with tert-alkyl or cyclic N) is 1. The van der Waals surface area contributed by atoms with Gasteiger partial charge in [0.15, 0.2) is 0 Å². The molecular formula is C13H27N3O3S. The van der Waals surface area contributed by atoms with Crippen molar-refractivity contribution in [1.82, 2.24) is 14.5 Å². The van der Waals surface area contributed by atoms with Crippen molar-refractivity contribution in [2.45, 2.75) is 19.3 Å². The molecule has 2 heterocycles. The second-order valence-electron chi connectivity index (χ2n) is 5.79. The lowest BCUT2D eigenvalue weighted by Gasteiger charge is -2.26. The van der Waals surface area contributed by atoms with E-state index >= 15 is 0 Å². The van der Waals surface area contributed by atoms with E-state index < -0.39 is 10.0 Å². The maximum Gasteiger partial charge on any atom is 0.214 e. The van der Waals surface area contributed by atoms with Gasteiger partial charge < -0.3 is 10.4 Å². The lowest BCUT2D eigenvalue weighted by molar-refractivity contribution is 0.202. The van der Waals surface area contributed by atoms with E-state index in [-0.39, 0.29) is 6.61 Å². The Kier molecular flexibility index (Phi) is 6.22. The molecule has 2 rings (SSSR count). The van der Waals surface area contributed by atoms with Crippen LogP contribution >= 0.6 is 0 Å². The van der Waals surface area contributed by atoms with Gasteiger partial charge in [0, 0.05) is 26.2 Å². The Morgan fingerprint density at radius 1 is 1.10 bits per heavy atom. The van der Waals surface area contributed by atoms with Gasteiger partial charge in [0.1, 0.15) is 0 Å². The van der Waals surface area contributed by atoms with E-state index in [0.717, 1.165) is 45.4 Å². The first-order valence-electron chi connectivity index (χ1n) is 7.63. The monoisotopic (exact) mass is 305 g/mol. The molecule has 7 heteroatoms. The van der Waals surface area contributed by atoms with Gasteiger partial charge in [0.2, 0.25) is 10.0 Å². The third-order valence-corrected chi connectivity index (χ3v) is 6.31. The van der Waals surface area contributed by atoms with Crippen molar-refractivity contribution < 1.29 is 13.5 Å². The first-order valence-corrected chi connectivity index (χ1v) is 9.24. The van der Waals surface area contributed by atoms with Crippen LogP contribution in [0.4, 0.5) is 0 Å². The molecule has 2 aliphatic rings. The van der Waals surface area contributed by atoms with Crippen molar-refractivity contribution in [1.29, 1.82) is 0 Å². The molecule has 2 fully saturated rings. The molecule has 2 N–H and O–H groups in total. The number of nitrogens with zero attached hydrogens (tertiary/aromatic N) is 2. The van der Waals surface area contributed by atoms with Crippen LogP contribution in [0.3, 0.4) is 0 Å². The zero-order chi connectivity index (χ0) is 14.4. The van der Waals surface area contributed by atoms with Crippen molar-refractivity contribution in [2.24, 2.45) is 5.92 Å². The van der Waals surface area contributed by atoms with Gasteiger partial charge in [0.05, 0.1) is 12.4 Å². The highest BCUT2D eigenvalue weighted by atomic mass is 32.2. The van der Waals surface area contributed by atoms with Crippen molar-refractivity contribution >= 4 is 10.0 Å². The standard InChI is InChI=1S/C13H27N3O3S/c17-11-10-15-6-1-7-16(9-8-15)20(18,19)12-13-2-4-14-5-3-13/h13-14,17H,1-12H2. The lowest BCUT2D eigenvalue weighted by Crippen LogP contribution is -2.40. The normalized spacial score (nSPS) is 24.6. The molecule has 0 radical (unpaired) electrons. The predicted molar refractivity (Wildman–Crippen MR) is 79.1 cm³/mol. The van der Waals surface area contributed by atoms with E-state index in [9.17, 15) is 8.42 Å². The van der Waals surface area contributed by atoms with Crippen LogP contribution in [0.25, 0.3) is 0 Å². The van der Waals surface area contributed by atoms with Crippen LogP contribution in [0.2, 0.25) is 0 Å².